The zero-order chi connectivity index (χ0) is 16.0. The lowest BCUT2D eigenvalue weighted by atomic mass is 10.2. The van der Waals surface area contributed by atoms with Crippen LogP contribution in [0.1, 0.15) is 5.56 Å². The minimum absolute atomic E-state index is 0.120. The first-order valence-corrected chi connectivity index (χ1v) is 6.14. The van der Waals surface area contributed by atoms with Crippen molar-refractivity contribution in [3.63, 3.8) is 0 Å². The number of hydrazine groups is 1. The fraction of sp³-hybridized carbons (Fsp3) is 0.333. The van der Waals surface area contributed by atoms with Crippen LogP contribution in [-0.4, -0.2) is 39.1 Å². The highest BCUT2D eigenvalue weighted by molar-refractivity contribution is 5.46. The van der Waals surface area contributed by atoms with Crippen molar-refractivity contribution in [1.29, 1.82) is 0 Å². The molecular formula is C12H21N7O2. The quantitative estimate of drug-likeness (QED) is 0.295. The molecule has 0 atom stereocenters. The number of rotatable bonds is 4. The summed E-state index contributed by atoms with van der Waals surface area (Å²) in [6.45, 7) is 0.347. The molecule has 7 N–H and O–H groups in total. The van der Waals surface area contributed by atoms with E-state index in [-0.39, 0.29) is 11.5 Å². The second-order valence-electron chi connectivity index (χ2n) is 4.42. The molecule has 21 heavy (non-hydrogen) atoms. The topological polar surface area (TPSA) is 138 Å². The first-order chi connectivity index (χ1) is 10.0. The molecule has 0 spiro atoms. The Kier molecular flexibility index (Phi) is 5.76. The largest absolute Gasteiger partial charge is 0.504 e. The monoisotopic (exact) mass is 295 g/mol. The van der Waals surface area contributed by atoms with Crippen LogP contribution in [0.5, 0.6) is 11.5 Å². The second kappa shape index (κ2) is 7.31. The first-order valence-electron chi connectivity index (χ1n) is 6.14. The average Bonchev–Trinajstić information content (AvgIpc) is 2.84. The van der Waals surface area contributed by atoms with Crippen molar-refractivity contribution in [2.75, 3.05) is 24.3 Å². The number of aromatic nitrogens is 3. The molecule has 2 rings (SSSR count). The van der Waals surface area contributed by atoms with E-state index in [0.717, 1.165) is 5.95 Å². The smallest absolute Gasteiger partial charge is 0.227 e. The van der Waals surface area contributed by atoms with Gasteiger partial charge in [0, 0.05) is 33.3 Å². The zero-order valence-electron chi connectivity index (χ0n) is 12.3. The van der Waals surface area contributed by atoms with Crippen LogP contribution in [0.15, 0.2) is 18.2 Å². The van der Waals surface area contributed by atoms with Crippen LogP contribution < -0.4 is 21.9 Å². The third-order valence-corrected chi connectivity index (χ3v) is 2.79. The van der Waals surface area contributed by atoms with Crippen LogP contribution in [0.3, 0.4) is 0 Å². The lowest BCUT2D eigenvalue weighted by Crippen LogP contribution is -2.14. The van der Waals surface area contributed by atoms with E-state index in [9.17, 15) is 10.2 Å². The van der Waals surface area contributed by atoms with Crippen molar-refractivity contribution in [2.24, 2.45) is 18.7 Å². The Morgan fingerprint density at radius 3 is 2.48 bits per heavy atom. The molecule has 1 heterocycles. The summed E-state index contributed by atoms with van der Waals surface area (Å²) < 4.78 is 1.81. The fourth-order valence-electron chi connectivity index (χ4n) is 1.76. The number of nitrogens with zero attached hydrogens (tertiary/aromatic N) is 4. The zero-order valence-corrected chi connectivity index (χ0v) is 12.3. The molecule has 0 aliphatic heterocycles. The lowest BCUT2D eigenvalue weighted by Gasteiger charge is -2.12. The van der Waals surface area contributed by atoms with Gasteiger partial charge in [-0.1, -0.05) is 12.1 Å². The second-order valence-corrected chi connectivity index (χ2v) is 4.42. The Hall–Kier alpha value is -2.52. The number of benzene rings is 1. The van der Waals surface area contributed by atoms with Crippen molar-refractivity contribution < 1.29 is 10.2 Å². The molecule has 0 unspecified atom stereocenters. The van der Waals surface area contributed by atoms with Crippen LogP contribution in [0.2, 0.25) is 0 Å². The molecule has 0 aliphatic rings. The third-order valence-electron chi connectivity index (χ3n) is 2.79. The molecular weight excluding hydrogens is 274 g/mol. The molecule has 0 saturated carbocycles. The summed E-state index contributed by atoms with van der Waals surface area (Å²) in [5, 5.41) is 30.2. The van der Waals surface area contributed by atoms with Gasteiger partial charge in [-0.3, -0.25) is 16.3 Å². The van der Waals surface area contributed by atoms with Crippen LogP contribution in [0.4, 0.5) is 11.9 Å². The number of phenols is 2. The van der Waals surface area contributed by atoms with Crippen molar-refractivity contribution >= 4 is 11.9 Å². The van der Waals surface area contributed by atoms with Gasteiger partial charge < -0.3 is 20.4 Å². The number of anilines is 2. The number of aromatic hydroxyl groups is 2. The molecule has 0 bridgehead atoms. The van der Waals surface area contributed by atoms with Gasteiger partial charge in [0.15, 0.2) is 11.5 Å². The number of para-hydroxylation sites is 1. The van der Waals surface area contributed by atoms with E-state index in [1.807, 2.05) is 26.0 Å². The molecule has 9 heteroatoms. The summed E-state index contributed by atoms with van der Waals surface area (Å²) in [4.78, 5) is 1.85. The predicted molar refractivity (Wildman–Crippen MR) is 80.8 cm³/mol. The predicted octanol–water partition coefficient (Wildman–Crippen LogP) is -0.277. The highest BCUT2D eigenvalue weighted by Gasteiger charge is 2.11. The van der Waals surface area contributed by atoms with Gasteiger partial charge in [0.1, 0.15) is 0 Å². The maximum atomic E-state index is 9.70. The summed E-state index contributed by atoms with van der Waals surface area (Å²) in [5.41, 5.74) is 0.592. The number of hydrogen-bond acceptors (Lipinski definition) is 8. The SMILES string of the molecule is CN(C)c1nnc(NCc2cccc(O)c2O)n1C.NN. The summed E-state index contributed by atoms with van der Waals surface area (Å²) in [6.07, 6.45) is 0. The van der Waals surface area contributed by atoms with Gasteiger partial charge >= 0.3 is 0 Å². The molecule has 9 nitrogen and oxygen atoms in total. The van der Waals surface area contributed by atoms with Crippen LogP contribution in [-0.2, 0) is 13.6 Å². The Balaban J connectivity index is 0.00000106. The Morgan fingerprint density at radius 1 is 1.24 bits per heavy atom. The lowest BCUT2D eigenvalue weighted by molar-refractivity contribution is 0.400. The molecule has 0 amide bonds. The van der Waals surface area contributed by atoms with Crippen LogP contribution >= 0.6 is 0 Å². The van der Waals surface area contributed by atoms with Gasteiger partial charge in [0.2, 0.25) is 11.9 Å². The Labute approximate surface area is 122 Å². The van der Waals surface area contributed by atoms with Gasteiger partial charge in [0.05, 0.1) is 0 Å². The number of nitrogens with two attached hydrogens (primary N) is 2. The Bertz CT molecular complexity index is 583. The van der Waals surface area contributed by atoms with E-state index in [1.165, 1.54) is 6.07 Å². The van der Waals surface area contributed by atoms with Crippen molar-refractivity contribution in [3.05, 3.63) is 23.8 Å². The van der Waals surface area contributed by atoms with Crippen molar-refractivity contribution in [2.45, 2.75) is 6.54 Å². The summed E-state index contributed by atoms with van der Waals surface area (Å²) in [6, 6.07) is 4.84. The van der Waals surface area contributed by atoms with Gasteiger partial charge in [-0.2, -0.15) is 0 Å². The molecule has 0 radical (unpaired) electrons. The standard InChI is InChI=1S/C12H17N5O2.H4N2/c1-16(2)12-15-14-11(17(12)3)13-7-8-5-4-6-9(18)10(8)19;1-2/h4-6,18-19H,7H2,1-3H3,(H,13,14);1-2H2. The van der Waals surface area contributed by atoms with E-state index in [1.54, 1.807) is 16.7 Å². The maximum Gasteiger partial charge on any atom is 0.227 e. The molecule has 1 aromatic heterocycles. The van der Waals surface area contributed by atoms with Gasteiger partial charge in [0.25, 0.3) is 0 Å². The van der Waals surface area contributed by atoms with Crippen molar-refractivity contribution in [3.8, 4) is 11.5 Å². The highest BCUT2D eigenvalue weighted by atomic mass is 16.3. The molecule has 0 saturated heterocycles. The summed E-state index contributed by atoms with van der Waals surface area (Å²) in [7, 11) is 5.61. The maximum absolute atomic E-state index is 9.70. The molecule has 2 aromatic rings. The van der Waals surface area contributed by atoms with Crippen molar-refractivity contribution in [1.82, 2.24) is 14.8 Å². The molecule has 1 aromatic carbocycles. The highest BCUT2D eigenvalue weighted by Crippen LogP contribution is 2.28. The minimum atomic E-state index is -0.133. The number of hydrogen-bond donors (Lipinski definition) is 5. The third kappa shape index (κ3) is 3.74. The summed E-state index contributed by atoms with van der Waals surface area (Å²) >= 11 is 0. The fourth-order valence-corrected chi connectivity index (χ4v) is 1.76. The normalized spacial score (nSPS) is 9.76. The van der Waals surface area contributed by atoms with Gasteiger partial charge in [-0.05, 0) is 6.07 Å². The van der Waals surface area contributed by atoms with Crippen LogP contribution in [0.25, 0.3) is 0 Å². The molecule has 0 aliphatic carbocycles. The van der Waals surface area contributed by atoms with Gasteiger partial charge in [-0.25, -0.2) is 0 Å². The van der Waals surface area contributed by atoms with E-state index >= 15 is 0 Å². The minimum Gasteiger partial charge on any atom is -0.504 e. The van der Waals surface area contributed by atoms with Crippen LogP contribution in [0, 0.1) is 0 Å². The van der Waals surface area contributed by atoms with E-state index in [2.05, 4.69) is 27.2 Å². The average molecular weight is 295 g/mol. The Morgan fingerprint density at radius 2 is 1.90 bits per heavy atom. The van der Waals surface area contributed by atoms with E-state index < -0.39 is 0 Å². The molecule has 0 fully saturated rings. The van der Waals surface area contributed by atoms with E-state index in [0.29, 0.717) is 18.1 Å². The summed E-state index contributed by atoms with van der Waals surface area (Å²) in [5.74, 6) is 9.06. The molecule has 116 valence electrons. The van der Waals surface area contributed by atoms with E-state index in [4.69, 9.17) is 0 Å². The first kappa shape index (κ1) is 16.5. The number of phenolic OH excluding ortho intramolecular Hbond substituents is 2. The number of nitrogens with one attached hydrogen (secondary N) is 1. The van der Waals surface area contributed by atoms with Gasteiger partial charge in [-0.15, -0.1) is 10.2 Å².